The number of fused-ring (bicyclic) bond motifs is 1. The molecular weight excluding hydrogens is 345 g/mol. The van der Waals surface area contributed by atoms with Crippen LogP contribution in [0.1, 0.15) is 32.7 Å². The Morgan fingerprint density at radius 2 is 1.92 bits per heavy atom. The molecule has 4 aromatic rings. The van der Waals surface area contributed by atoms with Crippen molar-refractivity contribution in [3.05, 3.63) is 43.2 Å². The molecule has 1 unspecified atom stereocenters. The average Bonchev–Trinajstić information content (AvgIpc) is 3.40. The van der Waals surface area contributed by atoms with Crippen LogP contribution in [-0.4, -0.2) is 40.6 Å². The Kier molecular flexibility index (Phi) is 4.55. The van der Waals surface area contributed by atoms with Gasteiger partial charge in [0.2, 0.25) is 0 Å². The molecule has 0 saturated carbocycles. The third-order valence-corrected chi connectivity index (χ3v) is 5.23. The van der Waals surface area contributed by atoms with Crippen molar-refractivity contribution in [3.63, 3.8) is 0 Å². The molecule has 4 aromatic heterocycles. The first-order valence-electron chi connectivity index (χ1n) is 8.81. The number of hydrogen-bond donors (Lipinski definition) is 0. The van der Waals surface area contributed by atoms with Gasteiger partial charge in [-0.25, -0.2) is 9.50 Å². The van der Waals surface area contributed by atoms with Crippen molar-refractivity contribution in [1.29, 1.82) is 0 Å². The van der Waals surface area contributed by atoms with Crippen molar-refractivity contribution in [2.45, 2.75) is 32.7 Å². The minimum absolute atomic E-state index is 0.377. The lowest BCUT2D eigenvalue weighted by Crippen LogP contribution is -2.04. The van der Waals surface area contributed by atoms with Crippen molar-refractivity contribution in [2.75, 3.05) is 6.66 Å². The molecule has 2 atom stereocenters. The number of nitrogens with zero attached hydrogens (tertiary/aromatic N) is 7. The molecule has 0 aliphatic rings. The van der Waals surface area contributed by atoms with Crippen LogP contribution in [-0.2, 0) is 0 Å². The molecule has 134 valence electrons. The zero-order chi connectivity index (χ0) is 18.1. The van der Waals surface area contributed by atoms with E-state index >= 15 is 0 Å². The van der Waals surface area contributed by atoms with Gasteiger partial charge in [-0.3, -0.25) is 9.13 Å². The van der Waals surface area contributed by atoms with E-state index in [0.29, 0.717) is 14.8 Å². The lowest BCUT2D eigenvalue weighted by Gasteiger charge is -2.10. The first kappa shape index (κ1) is 16.9. The number of rotatable bonds is 6. The Balaban J connectivity index is 1.80. The highest BCUT2D eigenvalue weighted by Gasteiger charge is 2.14. The van der Waals surface area contributed by atoms with Crippen LogP contribution in [0.5, 0.6) is 0 Å². The first-order chi connectivity index (χ1) is 12.7. The first-order valence-corrected chi connectivity index (χ1v) is 10.3. The molecule has 0 bridgehead atoms. The highest BCUT2D eigenvalue weighted by Crippen LogP contribution is 2.28. The summed E-state index contributed by atoms with van der Waals surface area (Å²) in [6, 6.07) is 2.36. The molecule has 0 N–H and O–H groups in total. The molecule has 0 saturated heterocycles. The van der Waals surface area contributed by atoms with Crippen LogP contribution in [0.3, 0.4) is 0 Å². The summed E-state index contributed by atoms with van der Waals surface area (Å²) in [4.78, 5) is 4.92. The van der Waals surface area contributed by atoms with E-state index in [1.807, 2.05) is 44.5 Å². The smallest absolute Gasteiger partial charge is 0.0999 e. The molecule has 0 radical (unpaired) electrons. The summed E-state index contributed by atoms with van der Waals surface area (Å²) in [5.74, 6) is 0. The zero-order valence-corrected chi connectivity index (χ0v) is 16.2. The molecule has 0 spiro atoms. The highest BCUT2D eigenvalue weighted by atomic mass is 31.1. The summed E-state index contributed by atoms with van der Waals surface area (Å²) < 4.78 is 5.82. The van der Waals surface area contributed by atoms with E-state index in [0.717, 1.165) is 40.9 Å². The van der Waals surface area contributed by atoms with E-state index in [9.17, 15) is 0 Å². The third kappa shape index (κ3) is 3.03. The van der Waals surface area contributed by atoms with Crippen molar-refractivity contribution in [2.24, 2.45) is 0 Å². The fraction of sp³-hybridized carbons (Fsp3) is 0.333. The lowest BCUT2D eigenvalue weighted by molar-refractivity contribution is 0.455. The Bertz CT molecular complexity index is 1030. The van der Waals surface area contributed by atoms with Crippen molar-refractivity contribution >= 4 is 14.2 Å². The van der Waals surface area contributed by atoms with E-state index in [4.69, 9.17) is 4.98 Å². The molecule has 4 rings (SSSR count). The van der Waals surface area contributed by atoms with Gasteiger partial charge in [0.05, 0.1) is 41.7 Å². The van der Waals surface area contributed by atoms with Gasteiger partial charge in [0, 0.05) is 29.6 Å². The maximum absolute atomic E-state index is 4.92. The van der Waals surface area contributed by atoms with E-state index in [2.05, 4.69) is 42.0 Å². The second kappa shape index (κ2) is 7.00. The SMILES string of the molecule is CCC[C@@H](C)n1cc(-c2nc(-c3cnn(PC)c3)cn3nccc23)cn1. The molecule has 0 aromatic carbocycles. The highest BCUT2D eigenvalue weighted by molar-refractivity contribution is 7.35. The van der Waals surface area contributed by atoms with Crippen LogP contribution in [0, 0.1) is 0 Å². The second-order valence-corrected chi connectivity index (χ2v) is 7.29. The Hall–Kier alpha value is -2.53. The molecule has 0 amide bonds. The van der Waals surface area contributed by atoms with Gasteiger partial charge >= 0.3 is 0 Å². The summed E-state index contributed by atoms with van der Waals surface area (Å²) in [6.07, 6.45) is 13.8. The topological polar surface area (TPSA) is 65.8 Å². The van der Waals surface area contributed by atoms with Crippen LogP contribution >= 0.6 is 8.73 Å². The van der Waals surface area contributed by atoms with Gasteiger partial charge in [-0.2, -0.15) is 15.3 Å². The summed E-state index contributed by atoms with van der Waals surface area (Å²) in [7, 11) is 0.595. The van der Waals surface area contributed by atoms with Gasteiger partial charge in [0.25, 0.3) is 0 Å². The summed E-state index contributed by atoms with van der Waals surface area (Å²) in [6.45, 7) is 6.48. The van der Waals surface area contributed by atoms with Gasteiger partial charge in [-0.15, -0.1) is 0 Å². The van der Waals surface area contributed by atoms with Gasteiger partial charge in [0.15, 0.2) is 0 Å². The fourth-order valence-corrected chi connectivity index (χ4v) is 3.55. The number of aromatic nitrogens is 7. The van der Waals surface area contributed by atoms with E-state index in [1.54, 1.807) is 6.20 Å². The zero-order valence-electron chi connectivity index (χ0n) is 15.2. The number of hydrogen-bond acceptors (Lipinski definition) is 4. The van der Waals surface area contributed by atoms with Gasteiger partial charge in [-0.05, 0) is 34.8 Å². The molecule has 0 aliphatic heterocycles. The van der Waals surface area contributed by atoms with E-state index in [-0.39, 0.29) is 0 Å². The molecule has 26 heavy (non-hydrogen) atoms. The second-order valence-electron chi connectivity index (χ2n) is 6.38. The maximum Gasteiger partial charge on any atom is 0.0999 e. The monoisotopic (exact) mass is 367 g/mol. The fourth-order valence-electron chi connectivity index (χ4n) is 3.11. The molecule has 0 fully saturated rings. The minimum Gasteiger partial charge on any atom is -0.269 e. The maximum atomic E-state index is 4.92. The predicted molar refractivity (Wildman–Crippen MR) is 105 cm³/mol. The van der Waals surface area contributed by atoms with Gasteiger partial charge in [-0.1, -0.05) is 13.3 Å². The van der Waals surface area contributed by atoms with Crippen LogP contribution in [0.2, 0.25) is 0 Å². The Morgan fingerprint density at radius 3 is 2.69 bits per heavy atom. The summed E-state index contributed by atoms with van der Waals surface area (Å²) in [5, 5.41) is 13.3. The molecular formula is C18H22N7P. The Labute approximate surface area is 153 Å². The Morgan fingerprint density at radius 1 is 1.08 bits per heavy atom. The standard InChI is InChI=1S/C18H22N7P/c1-4-5-13(2)23-10-15(9-20-23)18-17-6-7-19-24(17)12-16(22-18)14-8-21-25(11-14)26-3/h6-13,26H,4-5H2,1-3H3/t13-/m1/s1. The van der Waals surface area contributed by atoms with E-state index < -0.39 is 0 Å². The predicted octanol–water partition coefficient (Wildman–Crippen LogP) is 3.89. The van der Waals surface area contributed by atoms with Crippen LogP contribution in [0.15, 0.2) is 43.2 Å². The molecule has 8 heteroatoms. The quantitative estimate of drug-likeness (QED) is 0.485. The molecule has 7 nitrogen and oxygen atoms in total. The van der Waals surface area contributed by atoms with Crippen LogP contribution in [0.4, 0.5) is 0 Å². The molecule has 0 aliphatic carbocycles. The van der Waals surface area contributed by atoms with Crippen molar-refractivity contribution in [1.82, 2.24) is 33.9 Å². The largest absolute Gasteiger partial charge is 0.269 e. The summed E-state index contributed by atoms with van der Waals surface area (Å²) in [5.41, 5.74) is 4.72. The van der Waals surface area contributed by atoms with Crippen LogP contribution < -0.4 is 0 Å². The average molecular weight is 367 g/mol. The van der Waals surface area contributed by atoms with Gasteiger partial charge in [0.1, 0.15) is 0 Å². The van der Waals surface area contributed by atoms with Crippen LogP contribution in [0.25, 0.3) is 28.0 Å². The summed E-state index contributed by atoms with van der Waals surface area (Å²) >= 11 is 0. The molecule has 4 heterocycles. The van der Waals surface area contributed by atoms with Crippen molar-refractivity contribution in [3.8, 4) is 22.5 Å². The minimum atomic E-state index is 0.377. The van der Waals surface area contributed by atoms with E-state index in [1.165, 1.54) is 0 Å². The normalized spacial score (nSPS) is 13.2. The third-order valence-electron chi connectivity index (χ3n) is 4.53. The lowest BCUT2D eigenvalue weighted by atomic mass is 10.2. The van der Waals surface area contributed by atoms with Crippen molar-refractivity contribution < 1.29 is 0 Å². The van der Waals surface area contributed by atoms with Gasteiger partial charge < -0.3 is 0 Å².